The lowest BCUT2D eigenvalue weighted by atomic mass is 10.1. The fourth-order valence-electron chi connectivity index (χ4n) is 3.61. The number of hydrogen-bond donors (Lipinski definition) is 3. The number of amides is 1. The van der Waals surface area contributed by atoms with Crippen LogP contribution in [-0.2, 0) is 11.3 Å². The fraction of sp³-hybridized carbons (Fsp3) is 0.400. The van der Waals surface area contributed by atoms with Gasteiger partial charge in [-0.05, 0) is 37.5 Å². The zero-order valence-corrected chi connectivity index (χ0v) is 15.9. The number of carbonyl (C=O) groups is 1. The van der Waals surface area contributed by atoms with E-state index < -0.39 is 5.91 Å². The Morgan fingerprint density at radius 3 is 3.03 bits per heavy atom. The van der Waals surface area contributed by atoms with Crippen LogP contribution in [0.3, 0.4) is 0 Å². The molecule has 0 unspecified atom stereocenters. The number of fused-ring (bicyclic) bond motifs is 2. The molecule has 0 aromatic carbocycles. The Morgan fingerprint density at radius 2 is 2.28 bits per heavy atom. The molecule has 1 atom stereocenters. The third-order valence-corrected chi connectivity index (χ3v) is 5.12. The first kappa shape index (κ1) is 19.3. The Balaban J connectivity index is 1.83. The van der Waals surface area contributed by atoms with Gasteiger partial charge in [0, 0.05) is 32.5 Å². The number of nitrogens with one attached hydrogen (secondary N) is 2. The van der Waals surface area contributed by atoms with Crippen molar-refractivity contribution in [2.24, 2.45) is 0 Å². The summed E-state index contributed by atoms with van der Waals surface area (Å²) in [7, 11) is 0. The number of nitrogens with zero attached hydrogens (tertiary/aromatic N) is 3. The lowest BCUT2D eigenvalue weighted by Crippen LogP contribution is -2.38. The molecule has 1 aliphatic heterocycles. The van der Waals surface area contributed by atoms with Gasteiger partial charge in [-0.25, -0.2) is 4.98 Å². The molecule has 0 aliphatic carbocycles. The summed E-state index contributed by atoms with van der Waals surface area (Å²) in [5, 5.41) is 20.9. The number of aliphatic hydroxyl groups excluding tert-OH is 1. The quantitative estimate of drug-likeness (QED) is 0.521. The zero-order valence-electron chi connectivity index (χ0n) is 15.9. The molecule has 4 heterocycles. The second-order valence-corrected chi connectivity index (χ2v) is 7.06. The molecule has 3 N–H and O–H groups in total. The number of hydrogen-bond acceptors (Lipinski definition) is 6. The summed E-state index contributed by atoms with van der Waals surface area (Å²) in [4.78, 5) is 30.3. The molecule has 0 bridgehead atoms. The average Bonchev–Trinajstić information content (AvgIpc) is 3.25. The molecule has 0 spiro atoms. The van der Waals surface area contributed by atoms with Gasteiger partial charge < -0.3 is 19.7 Å². The van der Waals surface area contributed by atoms with Gasteiger partial charge in [-0.1, -0.05) is 6.07 Å². The maximum atomic E-state index is 13.0. The van der Waals surface area contributed by atoms with Crippen molar-refractivity contribution in [1.29, 1.82) is 5.41 Å². The van der Waals surface area contributed by atoms with Gasteiger partial charge in [0.15, 0.2) is 0 Å². The third kappa shape index (κ3) is 3.66. The van der Waals surface area contributed by atoms with Crippen LogP contribution in [0.25, 0.3) is 16.7 Å². The minimum Gasteiger partial charge on any atom is -0.396 e. The topological polar surface area (TPSA) is 122 Å². The van der Waals surface area contributed by atoms with Gasteiger partial charge in [-0.2, -0.15) is 0 Å². The average molecular weight is 397 g/mol. The monoisotopic (exact) mass is 397 g/mol. The van der Waals surface area contributed by atoms with Gasteiger partial charge in [0.25, 0.3) is 11.5 Å². The lowest BCUT2D eigenvalue weighted by molar-refractivity contribution is 0.0855. The minimum absolute atomic E-state index is 0.0219. The number of pyridine rings is 2. The molecule has 0 saturated carbocycles. The molecule has 0 radical (unpaired) electrons. The Labute approximate surface area is 166 Å². The number of aromatic nitrogens is 3. The highest BCUT2D eigenvalue weighted by Crippen LogP contribution is 2.12. The van der Waals surface area contributed by atoms with Crippen molar-refractivity contribution in [3.05, 3.63) is 51.9 Å². The van der Waals surface area contributed by atoms with Crippen LogP contribution in [0.4, 0.5) is 0 Å². The highest BCUT2D eigenvalue weighted by Gasteiger charge is 2.20. The summed E-state index contributed by atoms with van der Waals surface area (Å²) in [6.45, 7) is 1.25. The van der Waals surface area contributed by atoms with Gasteiger partial charge in [-0.15, -0.1) is 0 Å². The van der Waals surface area contributed by atoms with E-state index in [1.54, 1.807) is 24.4 Å². The van der Waals surface area contributed by atoms with E-state index in [0.29, 0.717) is 30.9 Å². The summed E-state index contributed by atoms with van der Waals surface area (Å²) >= 11 is 0. The molecule has 1 amide bonds. The number of aryl methyl sites for hydroxylation is 1. The summed E-state index contributed by atoms with van der Waals surface area (Å²) in [5.74, 6) is -0.428. The molecule has 3 aromatic rings. The third-order valence-electron chi connectivity index (χ3n) is 5.12. The summed E-state index contributed by atoms with van der Waals surface area (Å²) in [6, 6.07) is 6.66. The first-order valence-electron chi connectivity index (χ1n) is 9.70. The summed E-state index contributed by atoms with van der Waals surface area (Å²) in [6.07, 6.45) is 3.83. The molecule has 9 nitrogen and oxygen atoms in total. The van der Waals surface area contributed by atoms with Crippen molar-refractivity contribution >= 4 is 22.6 Å². The molecule has 4 rings (SSSR count). The van der Waals surface area contributed by atoms with Crippen LogP contribution in [0, 0.1) is 5.41 Å². The summed E-state index contributed by atoms with van der Waals surface area (Å²) < 4.78 is 8.45. The van der Waals surface area contributed by atoms with Gasteiger partial charge in [0.2, 0.25) is 0 Å². The predicted molar refractivity (Wildman–Crippen MR) is 106 cm³/mol. The van der Waals surface area contributed by atoms with E-state index in [1.807, 2.05) is 0 Å². The van der Waals surface area contributed by atoms with Gasteiger partial charge >= 0.3 is 0 Å². The largest absolute Gasteiger partial charge is 0.396 e. The first-order valence-corrected chi connectivity index (χ1v) is 9.70. The Morgan fingerprint density at radius 1 is 1.41 bits per heavy atom. The number of rotatable bonds is 6. The van der Waals surface area contributed by atoms with Gasteiger partial charge in [0.1, 0.15) is 16.8 Å². The highest BCUT2D eigenvalue weighted by molar-refractivity contribution is 5.96. The van der Waals surface area contributed by atoms with Crippen molar-refractivity contribution in [2.45, 2.75) is 31.9 Å². The van der Waals surface area contributed by atoms with Crippen LogP contribution in [0.2, 0.25) is 0 Å². The predicted octanol–water partition coefficient (Wildman–Crippen LogP) is 0.420. The molecular formula is C20H23N5O4. The minimum atomic E-state index is -0.428. The van der Waals surface area contributed by atoms with E-state index in [9.17, 15) is 14.7 Å². The van der Waals surface area contributed by atoms with Crippen molar-refractivity contribution < 1.29 is 14.6 Å². The van der Waals surface area contributed by atoms with Crippen LogP contribution in [-0.4, -0.2) is 50.8 Å². The molecule has 1 fully saturated rings. The van der Waals surface area contributed by atoms with Crippen molar-refractivity contribution in [1.82, 2.24) is 19.3 Å². The van der Waals surface area contributed by atoms with E-state index in [0.717, 1.165) is 12.8 Å². The van der Waals surface area contributed by atoms with Crippen LogP contribution in [0.15, 0.2) is 35.3 Å². The van der Waals surface area contributed by atoms with Crippen LogP contribution in [0.1, 0.15) is 29.6 Å². The second kappa shape index (κ2) is 8.14. The molecule has 9 heteroatoms. The first-order chi connectivity index (χ1) is 14.1. The summed E-state index contributed by atoms with van der Waals surface area (Å²) in [5.41, 5.74) is 0.538. The molecule has 29 heavy (non-hydrogen) atoms. The standard InChI is InChI=1S/C20H23N5O4/c21-17-14(19(27)22-12-13-5-3-10-29-13)11-15-18(25(17)8-4-9-26)23-16-6-1-2-7-24(16)20(15)28/h1-2,6-7,11,13,21,26H,3-5,8-10,12H2,(H,22,27)/t13-/m1/s1. The van der Waals surface area contributed by atoms with E-state index in [2.05, 4.69) is 10.3 Å². The van der Waals surface area contributed by atoms with Crippen LogP contribution < -0.4 is 16.4 Å². The fourth-order valence-corrected chi connectivity index (χ4v) is 3.61. The number of ether oxygens (including phenoxy) is 1. The highest BCUT2D eigenvalue weighted by atomic mass is 16.5. The molecular weight excluding hydrogens is 374 g/mol. The van der Waals surface area contributed by atoms with Crippen molar-refractivity contribution in [3.8, 4) is 0 Å². The Bertz CT molecular complexity index is 1180. The molecule has 1 aliphatic rings. The van der Waals surface area contributed by atoms with Crippen LogP contribution in [0.5, 0.6) is 0 Å². The zero-order chi connectivity index (χ0) is 20.4. The van der Waals surface area contributed by atoms with E-state index >= 15 is 0 Å². The number of aliphatic hydroxyl groups is 1. The van der Waals surface area contributed by atoms with E-state index in [-0.39, 0.29) is 41.3 Å². The second-order valence-electron chi connectivity index (χ2n) is 7.06. The van der Waals surface area contributed by atoms with Gasteiger partial charge in [0.05, 0.1) is 17.1 Å². The van der Waals surface area contributed by atoms with Crippen LogP contribution >= 0.6 is 0 Å². The maximum absolute atomic E-state index is 13.0. The lowest BCUT2D eigenvalue weighted by Gasteiger charge is -2.15. The molecule has 3 aromatic heterocycles. The van der Waals surface area contributed by atoms with E-state index in [1.165, 1.54) is 15.0 Å². The normalized spacial score (nSPS) is 16.5. The Hall–Kier alpha value is -3.04. The maximum Gasteiger partial charge on any atom is 0.267 e. The van der Waals surface area contributed by atoms with Crippen molar-refractivity contribution in [2.75, 3.05) is 19.8 Å². The smallest absolute Gasteiger partial charge is 0.267 e. The molecule has 1 saturated heterocycles. The van der Waals surface area contributed by atoms with Gasteiger partial charge in [-0.3, -0.25) is 19.4 Å². The number of carbonyl (C=O) groups excluding carboxylic acids is 1. The molecule has 152 valence electrons. The SMILES string of the molecule is N=c1c(C(=O)NC[C@H]2CCCO2)cc2c(=O)n3ccccc3nc2n1CCCO. The van der Waals surface area contributed by atoms with Crippen molar-refractivity contribution in [3.63, 3.8) is 0 Å². The Kier molecular flexibility index (Phi) is 5.41. The van der Waals surface area contributed by atoms with E-state index in [4.69, 9.17) is 10.1 Å².